The minimum Gasteiger partial charge on any atom is -0.449 e. The van der Waals surface area contributed by atoms with E-state index in [2.05, 4.69) is 55.7 Å². The first-order valence-corrected chi connectivity index (χ1v) is 27.1. The maximum absolute atomic E-state index is 15.9. The Bertz CT molecular complexity index is 3060. The van der Waals surface area contributed by atoms with Gasteiger partial charge in [-0.15, -0.1) is 0 Å². The fraction of sp³-hybridized carbons (Fsp3) is 0.444. The van der Waals surface area contributed by atoms with Crippen molar-refractivity contribution in [3.05, 3.63) is 120 Å². The van der Waals surface area contributed by atoms with E-state index in [0.29, 0.717) is 0 Å². The molecule has 0 spiro atoms. The summed E-state index contributed by atoms with van der Waals surface area (Å²) in [5, 5.41) is 15.8. The molecule has 14 nitrogen and oxygen atoms in total. The molecule has 4 aromatic carbocycles. The molecule has 4 aliphatic rings. The molecule has 0 aliphatic carbocycles. The second kappa shape index (κ2) is 22.4. The van der Waals surface area contributed by atoms with Gasteiger partial charge in [-0.2, -0.15) is 26.3 Å². The molecule has 6 aromatic rings. The van der Waals surface area contributed by atoms with Crippen molar-refractivity contribution in [2.75, 3.05) is 88.7 Å². The van der Waals surface area contributed by atoms with E-state index in [1.54, 1.807) is 0 Å². The molecule has 0 saturated carbocycles. The number of rotatable bonds is 12. The molecule has 426 valence electrons. The first-order valence-electron chi connectivity index (χ1n) is 25.2. The molecule has 10 rings (SSSR count). The minimum atomic E-state index is -4.68. The van der Waals surface area contributed by atoms with Crippen molar-refractivity contribution in [3.8, 4) is 0 Å². The van der Waals surface area contributed by atoms with Crippen LogP contribution in [-0.4, -0.2) is 140 Å². The van der Waals surface area contributed by atoms with E-state index in [9.17, 15) is 44.7 Å². The molecule has 4 unspecified atom stereocenters. The number of amides is 2. The Morgan fingerprint density at radius 1 is 0.582 bits per heavy atom. The highest BCUT2D eigenvalue weighted by molar-refractivity contribution is 6.99. The average molecular weight is 1140 g/mol. The Morgan fingerprint density at radius 3 is 1.37 bits per heavy atom. The van der Waals surface area contributed by atoms with E-state index >= 15 is 8.78 Å². The molecule has 6 heterocycles. The van der Waals surface area contributed by atoms with E-state index < -0.39 is 106 Å². The van der Waals surface area contributed by atoms with Crippen LogP contribution in [-0.2, 0) is 35.7 Å². The van der Waals surface area contributed by atoms with Gasteiger partial charge in [-0.3, -0.25) is 9.59 Å². The number of hydrogen-bond donors (Lipinski definition) is 3. The summed E-state index contributed by atoms with van der Waals surface area (Å²) in [7, 11) is -2.90. The predicted molar refractivity (Wildman–Crippen MR) is 271 cm³/mol. The standard InChI is InChI=1S/C35H37F5N2O5Si.C19H19F5N2O5/c1-33(2,3)48(25-10-6-4-7-11-25,26-12-8-5-9-13-26)46-20-24-19-45-29(21-44-24)34(36,37)22-42-17-16-41-32(43)31-30(42)27-18-23(35(38,39)40)14-15-28(27)47-31;20-18(21,14-8-29-11(6-27)7-30-14)9-26-4-3-25-17(28)16-15(26)12-5-10(19(22,23)24)1-2-13(12)31-16/h4-15,18,24,29H,16-17,19-22H2,1-3H3,(H,41,43);1-2,5,11,14,27H,3-4,6-9H2,(H,25,28). The molecule has 79 heavy (non-hydrogen) atoms. The molecule has 4 atom stereocenters. The second-order valence-electron chi connectivity index (χ2n) is 20.6. The highest BCUT2D eigenvalue weighted by Gasteiger charge is 2.52. The Hall–Kier alpha value is -6.22. The van der Waals surface area contributed by atoms with Crippen LogP contribution in [0.1, 0.15) is 53.0 Å². The Labute approximate surface area is 446 Å². The summed E-state index contributed by atoms with van der Waals surface area (Å²) in [5.74, 6) is -9.01. The fourth-order valence-corrected chi connectivity index (χ4v) is 14.8. The third kappa shape index (κ3) is 12.0. The summed E-state index contributed by atoms with van der Waals surface area (Å²) in [6.07, 6.45) is -13.9. The molecule has 2 amide bonds. The zero-order chi connectivity index (χ0) is 56.7. The van der Waals surface area contributed by atoms with Crippen molar-refractivity contribution >= 4 is 63.8 Å². The number of halogens is 10. The van der Waals surface area contributed by atoms with Gasteiger partial charge in [0.2, 0.25) is 11.5 Å². The molecule has 2 saturated heterocycles. The van der Waals surface area contributed by atoms with Crippen LogP contribution in [0.3, 0.4) is 0 Å². The van der Waals surface area contributed by atoms with Crippen LogP contribution < -0.4 is 30.8 Å². The predicted octanol–water partition coefficient (Wildman–Crippen LogP) is 8.41. The zero-order valence-electron chi connectivity index (χ0n) is 42.8. The van der Waals surface area contributed by atoms with Crippen LogP contribution in [0.25, 0.3) is 21.9 Å². The summed E-state index contributed by atoms with van der Waals surface area (Å²) in [4.78, 5) is 27.3. The van der Waals surface area contributed by atoms with Gasteiger partial charge in [0.1, 0.15) is 35.6 Å². The molecule has 3 N–H and O–H groups in total. The lowest BCUT2D eigenvalue weighted by atomic mass is 10.1. The van der Waals surface area contributed by atoms with E-state index in [1.165, 1.54) is 4.90 Å². The number of ether oxygens (including phenoxy) is 4. The number of fused-ring (bicyclic) bond motifs is 6. The number of alkyl halides is 10. The van der Waals surface area contributed by atoms with Crippen molar-refractivity contribution in [1.29, 1.82) is 0 Å². The van der Waals surface area contributed by atoms with Crippen LogP contribution in [0.15, 0.2) is 106 Å². The number of benzene rings is 4. The lowest BCUT2D eigenvalue weighted by molar-refractivity contribution is -0.216. The number of furan rings is 2. The fourth-order valence-electron chi connectivity index (χ4n) is 10.2. The van der Waals surface area contributed by atoms with Gasteiger partial charge in [0.05, 0.1) is 75.2 Å². The normalized spacial score (nSPS) is 20.9. The van der Waals surface area contributed by atoms with Crippen LogP contribution >= 0.6 is 0 Å². The summed E-state index contributed by atoms with van der Waals surface area (Å²) in [6.45, 7) is 2.88. The maximum atomic E-state index is 15.9. The lowest BCUT2D eigenvalue weighted by Gasteiger charge is -2.44. The quantitative estimate of drug-likeness (QED) is 0.0796. The molecule has 25 heteroatoms. The van der Waals surface area contributed by atoms with E-state index in [0.717, 1.165) is 51.7 Å². The van der Waals surface area contributed by atoms with Gasteiger partial charge < -0.3 is 57.7 Å². The monoisotopic (exact) mass is 1140 g/mol. The van der Waals surface area contributed by atoms with E-state index in [-0.39, 0.29) is 102 Å². The average Bonchev–Trinajstić information content (AvgIpc) is 4.19. The smallest absolute Gasteiger partial charge is 0.416 e. The third-order valence-electron chi connectivity index (χ3n) is 14.1. The summed E-state index contributed by atoms with van der Waals surface area (Å²) in [6, 6.07) is 25.4. The number of nitrogens with one attached hydrogen (secondary N) is 2. The van der Waals surface area contributed by atoms with Crippen molar-refractivity contribution in [1.82, 2.24) is 10.6 Å². The van der Waals surface area contributed by atoms with Crippen molar-refractivity contribution in [2.24, 2.45) is 0 Å². The maximum Gasteiger partial charge on any atom is 0.416 e. The molecule has 0 bridgehead atoms. The number of anilines is 2. The van der Waals surface area contributed by atoms with E-state index in [1.807, 2.05) is 36.4 Å². The van der Waals surface area contributed by atoms with Crippen LogP contribution in [0, 0.1) is 0 Å². The first-order chi connectivity index (χ1) is 37.3. The molecule has 0 radical (unpaired) electrons. The molecular formula is C54H56F10N4O10Si. The number of carbonyl (C=O) groups is 2. The van der Waals surface area contributed by atoms with Crippen LogP contribution in [0.2, 0.25) is 5.04 Å². The van der Waals surface area contributed by atoms with E-state index in [4.69, 9.17) is 37.3 Å². The van der Waals surface area contributed by atoms with Crippen molar-refractivity contribution in [2.45, 2.75) is 74.4 Å². The number of carbonyl (C=O) groups excluding carboxylic acids is 2. The molecule has 2 fully saturated rings. The van der Waals surface area contributed by atoms with Crippen molar-refractivity contribution < 1.29 is 90.8 Å². The Morgan fingerprint density at radius 2 is 1.00 bits per heavy atom. The van der Waals surface area contributed by atoms with Crippen LogP contribution in [0.4, 0.5) is 55.3 Å². The number of aliphatic hydroxyl groups excluding tert-OH is 1. The van der Waals surface area contributed by atoms with Gasteiger partial charge in [0.25, 0.3) is 32.0 Å². The summed E-state index contributed by atoms with van der Waals surface area (Å²) in [5.41, 5.74) is -2.24. The second-order valence-corrected chi connectivity index (χ2v) is 24.9. The first kappa shape index (κ1) is 57.5. The topological polar surface area (TPSA) is 157 Å². The summed E-state index contributed by atoms with van der Waals surface area (Å²) >= 11 is 0. The molecule has 4 aliphatic heterocycles. The van der Waals surface area contributed by atoms with Crippen LogP contribution in [0.5, 0.6) is 0 Å². The van der Waals surface area contributed by atoms with Gasteiger partial charge in [-0.05, 0) is 51.8 Å². The number of nitrogens with zero attached hydrogens (tertiary/aromatic N) is 2. The zero-order valence-corrected chi connectivity index (χ0v) is 43.8. The van der Waals surface area contributed by atoms with Gasteiger partial charge in [-0.25, -0.2) is 17.6 Å². The van der Waals surface area contributed by atoms with Crippen molar-refractivity contribution in [3.63, 3.8) is 0 Å². The SMILES string of the molecule is CC(C)(C)[Si](OCC1COC(C(F)(F)CN2CCNC(=O)c3oc4ccc(C(F)(F)F)cc4c32)CO1)(c1ccccc1)c1ccccc1.O=C1NCCN(CC(F)(F)C2COC(CO)CO2)c2c1oc1ccc(C(F)(F)F)cc21. The largest absolute Gasteiger partial charge is 0.449 e. The summed E-state index contributed by atoms with van der Waals surface area (Å²) < 4.78 is 182. The third-order valence-corrected chi connectivity index (χ3v) is 19.1. The highest BCUT2D eigenvalue weighted by Crippen LogP contribution is 2.43. The Kier molecular flexibility index (Phi) is 16.3. The minimum absolute atomic E-state index is 0.00578. The highest BCUT2D eigenvalue weighted by atomic mass is 28.4. The van der Waals surface area contributed by atoms with Gasteiger partial charge in [-0.1, -0.05) is 81.4 Å². The van der Waals surface area contributed by atoms with Gasteiger partial charge in [0, 0.05) is 37.0 Å². The molecular weight excluding hydrogens is 1080 g/mol. The molecule has 2 aromatic heterocycles. The number of hydrogen-bond acceptors (Lipinski definition) is 12. The lowest BCUT2D eigenvalue weighted by Crippen LogP contribution is -2.67. The van der Waals surface area contributed by atoms with Gasteiger partial charge in [0.15, 0.2) is 0 Å². The number of aliphatic hydroxyl groups is 1. The Balaban J connectivity index is 0.000000210. The van der Waals surface area contributed by atoms with Gasteiger partial charge >= 0.3 is 12.4 Å².